The molecule has 1 unspecified atom stereocenters. The summed E-state index contributed by atoms with van der Waals surface area (Å²) in [7, 11) is -4.01. The van der Waals surface area contributed by atoms with Crippen LogP contribution in [0.25, 0.3) is 0 Å². The largest absolute Gasteiger partial charge is 0.333 e. The molecule has 0 aliphatic rings. The van der Waals surface area contributed by atoms with Crippen molar-refractivity contribution < 1.29 is 13.0 Å². The molecule has 0 amide bonds. The fraction of sp³-hybridized carbons (Fsp3) is 1.00. The Labute approximate surface area is 74.2 Å². The zero-order chi connectivity index (χ0) is 9.61. The smallest absolute Gasteiger partial charge is 0.273 e. The monoisotopic (exact) mass is 195 g/mol. The summed E-state index contributed by atoms with van der Waals surface area (Å²) in [5, 5.41) is 0. The molecule has 0 aromatic heterocycles. The Balaban J connectivity index is 3.53. The van der Waals surface area contributed by atoms with Crippen molar-refractivity contribution in [1.29, 1.82) is 0 Å². The molecule has 0 aromatic carbocycles. The summed E-state index contributed by atoms with van der Waals surface area (Å²) < 4.78 is 31.1. The molecule has 5 heteroatoms. The van der Waals surface area contributed by atoms with Gasteiger partial charge < -0.3 is 0 Å². The lowest BCUT2D eigenvalue weighted by Crippen LogP contribution is -2.31. The van der Waals surface area contributed by atoms with E-state index in [2.05, 4.69) is 11.6 Å². The van der Waals surface area contributed by atoms with Crippen LogP contribution in [0.4, 0.5) is 0 Å². The van der Waals surface area contributed by atoms with Crippen LogP contribution in [0, 0.1) is 0 Å². The molecule has 1 atom stereocenters. The van der Waals surface area contributed by atoms with Crippen molar-refractivity contribution >= 4 is 10.3 Å². The average molecular weight is 195 g/mol. The molecule has 0 saturated heterocycles. The summed E-state index contributed by atoms with van der Waals surface area (Å²) >= 11 is 0. The van der Waals surface area contributed by atoms with Gasteiger partial charge in [0.1, 0.15) is 0 Å². The average Bonchev–Trinajstić information content (AvgIpc) is 1.84. The van der Waals surface area contributed by atoms with Gasteiger partial charge in [0.25, 0.3) is 0 Å². The Morgan fingerprint density at radius 3 is 2.42 bits per heavy atom. The van der Waals surface area contributed by atoms with Crippen molar-refractivity contribution in [1.82, 2.24) is 4.72 Å². The van der Waals surface area contributed by atoms with Gasteiger partial charge in [0.05, 0.1) is 0 Å². The number of hydrogen-bond acceptors (Lipinski definition) is 2. The molecule has 74 valence electrons. The summed E-state index contributed by atoms with van der Waals surface area (Å²) in [6, 6.07) is -0.174. The van der Waals surface area contributed by atoms with Crippen LogP contribution in [0.5, 0.6) is 0 Å². The lowest BCUT2D eigenvalue weighted by molar-refractivity contribution is 0.446. The summed E-state index contributed by atoms with van der Waals surface area (Å²) in [4.78, 5) is 0. The normalized spacial score (nSPS) is 14.6. The SMILES string of the molecule is CCCCCC(C)NS(=O)(=O)O. The number of nitrogens with one attached hydrogen (secondary N) is 1. The number of unbranched alkanes of at least 4 members (excludes halogenated alkanes) is 2. The minimum Gasteiger partial charge on any atom is -0.273 e. The molecular formula is C7H17NO3S. The molecule has 0 aliphatic heterocycles. The molecule has 0 bridgehead atoms. The van der Waals surface area contributed by atoms with Crippen molar-refractivity contribution in [3.05, 3.63) is 0 Å². The highest BCUT2D eigenvalue weighted by Crippen LogP contribution is 2.03. The van der Waals surface area contributed by atoms with E-state index in [0.29, 0.717) is 0 Å². The van der Waals surface area contributed by atoms with Gasteiger partial charge in [-0.05, 0) is 13.3 Å². The Kier molecular flexibility index (Phi) is 5.44. The molecule has 0 aliphatic carbocycles. The van der Waals surface area contributed by atoms with Crippen LogP contribution < -0.4 is 4.72 Å². The Morgan fingerprint density at radius 2 is 2.00 bits per heavy atom. The zero-order valence-electron chi connectivity index (χ0n) is 7.58. The molecule has 0 radical (unpaired) electrons. The highest BCUT2D eigenvalue weighted by Gasteiger charge is 2.08. The molecule has 0 fully saturated rings. The van der Waals surface area contributed by atoms with Gasteiger partial charge >= 0.3 is 10.3 Å². The van der Waals surface area contributed by atoms with Crippen molar-refractivity contribution in [2.24, 2.45) is 0 Å². The second-order valence-corrected chi connectivity index (χ2v) is 4.18. The van der Waals surface area contributed by atoms with Gasteiger partial charge in [-0.1, -0.05) is 26.2 Å². The van der Waals surface area contributed by atoms with Crippen LogP contribution >= 0.6 is 0 Å². The van der Waals surface area contributed by atoms with Crippen LogP contribution in [0.2, 0.25) is 0 Å². The first kappa shape index (κ1) is 11.9. The predicted octanol–water partition coefficient (Wildman–Crippen LogP) is 1.35. The molecule has 0 saturated carbocycles. The standard InChI is InChI=1S/C7H17NO3S/c1-3-4-5-6-7(2)8-12(9,10)11/h7-8H,3-6H2,1-2H3,(H,9,10,11). The van der Waals surface area contributed by atoms with E-state index in [1.807, 2.05) is 0 Å². The van der Waals surface area contributed by atoms with E-state index in [0.717, 1.165) is 25.7 Å². The van der Waals surface area contributed by atoms with E-state index in [1.165, 1.54) is 0 Å². The predicted molar refractivity (Wildman–Crippen MR) is 48.3 cm³/mol. The first-order valence-electron chi connectivity index (χ1n) is 4.20. The van der Waals surface area contributed by atoms with Crippen molar-refractivity contribution in [2.75, 3.05) is 0 Å². The topological polar surface area (TPSA) is 66.4 Å². The maximum absolute atomic E-state index is 10.3. The van der Waals surface area contributed by atoms with E-state index >= 15 is 0 Å². The van der Waals surface area contributed by atoms with E-state index in [9.17, 15) is 8.42 Å². The van der Waals surface area contributed by atoms with Crippen molar-refractivity contribution in [3.63, 3.8) is 0 Å². The molecule has 0 rings (SSSR count). The summed E-state index contributed by atoms with van der Waals surface area (Å²) in [6.07, 6.45) is 3.96. The second kappa shape index (κ2) is 5.50. The molecule has 12 heavy (non-hydrogen) atoms. The quantitative estimate of drug-likeness (QED) is 0.496. The van der Waals surface area contributed by atoms with Crippen LogP contribution in [-0.4, -0.2) is 19.0 Å². The van der Waals surface area contributed by atoms with Gasteiger partial charge in [-0.2, -0.15) is 13.1 Å². The van der Waals surface area contributed by atoms with Crippen molar-refractivity contribution in [2.45, 2.75) is 45.6 Å². The summed E-state index contributed by atoms with van der Waals surface area (Å²) in [6.45, 7) is 3.82. The zero-order valence-corrected chi connectivity index (χ0v) is 8.39. The van der Waals surface area contributed by atoms with E-state index in [-0.39, 0.29) is 6.04 Å². The van der Waals surface area contributed by atoms with Gasteiger partial charge in [-0.15, -0.1) is 0 Å². The van der Waals surface area contributed by atoms with Crippen LogP contribution in [0.15, 0.2) is 0 Å². The first-order chi connectivity index (χ1) is 5.45. The summed E-state index contributed by atoms with van der Waals surface area (Å²) in [5.41, 5.74) is 0. The highest BCUT2D eigenvalue weighted by atomic mass is 32.2. The molecular weight excluding hydrogens is 178 g/mol. The third kappa shape index (κ3) is 7.97. The Hall–Kier alpha value is -0.130. The molecule has 2 N–H and O–H groups in total. The van der Waals surface area contributed by atoms with Crippen molar-refractivity contribution in [3.8, 4) is 0 Å². The van der Waals surface area contributed by atoms with Gasteiger partial charge in [0.2, 0.25) is 0 Å². The fourth-order valence-corrected chi connectivity index (χ4v) is 1.64. The second-order valence-electron chi connectivity index (χ2n) is 2.99. The first-order valence-corrected chi connectivity index (χ1v) is 5.64. The van der Waals surface area contributed by atoms with Gasteiger partial charge in [-0.25, -0.2) is 0 Å². The minimum absolute atomic E-state index is 0.174. The highest BCUT2D eigenvalue weighted by molar-refractivity contribution is 7.83. The van der Waals surface area contributed by atoms with Crippen LogP contribution in [-0.2, 0) is 10.3 Å². The Morgan fingerprint density at radius 1 is 1.42 bits per heavy atom. The van der Waals surface area contributed by atoms with Crippen LogP contribution in [0.3, 0.4) is 0 Å². The third-order valence-corrected chi connectivity index (χ3v) is 2.29. The maximum atomic E-state index is 10.3. The van der Waals surface area contributed by atoms with E-state index < -0.39 is 10.3 Å². The molecule has 0 spiro atoms. The van der Waals surface area contributed by atoms with Gasteiger partial charge in [-0.3, -0.25) is 4.55 Å². The van der Waals surface area contributed by atoms with E-state index in [1.54, 1.807) is 6.92 Å². The maximum Gasteiger partial charge on any atom is 0.333 e. The third-order valence-electron chi connectivity index (χ3n) is 1.59. The fourth-order valence-electron chi connectivity index (χ4n) is 1.01. The van der Waals surface area contributed by atoms with E-state index in [4.69, 9.17) is 4.55 Å². The molecule has 4 nitrogen and oxygen atoms in total. The lowest BCUT2D eigenvalue weighted by atomic mass is 10.1. The minimum atomic E-state index is -4.01. The lowest BCUT2D eigenvalue weighted by Gasteiger charge is -2.09. The summed E-state index contributed by atoms with van der Waals surface area (Å²) in [5.74, 6) is 0. The molecule has 0 heterocycles. The number of hydrogen-bond donors (Lipinski definition) is 2. The Bertz CT molecular complexity index is 201. The number of rotatable bonds is 6. The van der Waals surface area contributed by atoms with Gasteiger partial charge in [0, 0.05) is 6.04 Å². The molecule has 0 aromatic rings. The van der Waals surface area contributed by atoms with Crippen LogP contribution in [0.1, 0.15) is 39.5 Å². The van der Waals surface area contributed by atoms with Gasteiger partial charge in [0.15, 0.2) is 0 Å².